The molecule has 1 atom stereocenters. The fraction of sp³-hybridized carbons (Fsp3) is 0.176. The molecule has 0 amide bonds. The molecule has 1 unspecified atom stereocenters. The molecule has 0 aliphatic rings. The Bertz CT molecular complexity index is 732. The predicted molar refractivity (Wildman–Crippen MR) is 81.4 cm³/mol. The Kier molecular flexibility index (Phi) is 3.44. The second-order valence-corrected chi connectivity index (χ2v) is 4.83. The Hall–Kier alpha value is -2.26. The number of para-hydroxylation sites is 1. The van der Waals surface area contributed by atoms with E-state index >= 15 is 0 Å². The molecule has 20 heavy (non-hydrogen) atoms. The van der Waals surface area contributed by atoms with Crippen LogP contribution in [0.15, 0.2) is 55.0 Å². The van der Waals surface area contributed by atoms with E-state index in [0.717, 1.165) is 28.5 Å². The number of fused-ring (bicyclic) bond motifs is 1. The third-order valence-electron chi connectivity index (χ3n) is 3.66. The second-order valence-electron chi connectivity index (χ2n) is 4.83. The number of aromatic nitrogens is 2. The van der Waals surface area contributed by atoms with E-state index in [9.17, 15) is 0 Å². The van der Waals surface area contributed by atoms with Crippen LogP contribution in [0.25, 0.3) is 10.9 Å². The molecule has 100 valence electrons. The van der Waals surface area contributed by atoms with Crippen molar-refractivity contribution in [3.63, 3.8) is 0 Å². The van der Waals surface area contributed by atoms with Crippen molar-refractivity contribution in [3.05, 3.63) is 71.7 Å². The van der Waals surface area contributed by atoms with Gasteiger partial charge in [0.1, 0.15) is 0 Å². The largest absolute Gasteiger partial charge is 0.320 e. The molecule has 0 spiro atoms. The zero-order valence-electron chi connectivity index (χ0n) is 11.5. The molecule has 1 aromatic carbocycles. The summed E-state index contributed by atoms with van der Waals surface area (Å²) in [6.45, 7) is 2.12. The monoisotopic (exact) mass is 263 g/mol. The van der Waals surface area contributed by atoms with Crippen molar-refractivity contribution < 1.29 is 0 Å². The van der Waals surface area contributed by atoms with Gasteiger partial charge in [-0.2, -0.15) is 0 Å². The quantitative estimate of drug-likeness (QED) is 0.789. The minimum absolute atomic E-state index is 0.174. The van der Waals surface area contributed by atoms with Crippen LogP contribution in [-0.4, -0.2) is 9.97 Å². The van der Waals surface area contributed by atoms with Crippen LogP contribution in [0.4, 0.5) is 0 Å². The lowest BCUT2D eigenvalue weighted by molar-refractivity contribution is 0.848. The molecule has 3 heteroatoms. The van der Waals surface area contributed by atoms with Crippen LogP contribution in [0.5, 0.6) is 0 Å². The normalized spacial score (nSPS) is 12.5. The van der Waals surface area contributed by atoms with Crippen LogP contribution in [-0.2, 0) is 6.42 Å². The van der Waals surface area contributed by atoms with E-state index in [1.165, 1.54) is 5.56 Å². The molecule has 3 nitrogen and oxygen atoms in total. The van der Waals surface area contributed by atoms with Gasteiger partial charge in [0.15, 0.2) is 0 Å². The van der Waals surface area contributed by atoms with E-state index in [4.69, 9.17) is 5.73 Å². The molecule has 0 saturated heterocycles. The molecule has 2 aromatic heterocycles. The number of benzene rings is 1. The van der Waals surface area contributed by atoms with E-state index < -0.39 is 0 Å². The van der Waals surface area contributed by atoms with Gasteiger partial charge in [0.25, 0.3) is 0 Å². The number of rotatable bonds is 3. The summed E-state index contributed by atoms with van der Waals surface area (Å²) in [6.07, 6.45) is 6.43. The number of nitrogens with two attached hydrogens (primary N) is 1. The maximum atomic E-state index is 6.49. The summed E-state index contributed by atoms with van der Waals surface area (Å²) in [7, 11) is 0. The Morgan fingerprint density at radius 2 is 1.90 bits per heavy atom. The van der Waals surface area contributed by atoms with Gasteiger partial charge in [-0.3, -0.25) is 9.97 Å². The second kappa shape index (κ2) is 5.39. The predicted octanol–water partition coefficient (Wildman–Crippen LogP) is 3.24. The molecule has 3 rings (SSSR count). The number of aryl methyl sites for hydroxylation is 1. The van der Waals surface area contributed by atoms with E-state index in [-0.39, 0.29) is 6.04 Å². The minimum atomic E-state index is -0.174. The summed E-state index contributed by atoms with van der Waals surface area (Å²) in [5.41, 5.74) is 10.8. The molecule has 0 saturated carbocycles. The van der Waals surface area contributed by atoms with Crippen LogP contribution < -0.4 is 5.73 Å². The summed E-state index contributed by atoms with van der Waals surface area (Å²) in [5, 5.41) is 1.12. The fourth-order valence-electron chi connectivity index (χ4n) is 2.58. The van der Waals surface area contributed by atoms with Crippen molar-refractivity contribution in [2.75, 3.05) is 0 Å². The van der Waals surface area contributed by atoms with Crippen LogP contribution in [0, 0.1) is 0 Å². The van der Waals surface area contributed by atoms with Gasteiger partial charge in [0, 0.05) is 24.0 Å². The molecule has 0 fully saturated rings. The Balaban J connectivity index is 2.15. The zero-order chi connectivity index (χ0) is 13.9. The molecular formula is C17H17N3. The number of hydrogen-bond donors (Lipinski definition) is 1. The maximum absolute atomic E-state index is 6.49. The van der Waals surface area contributed by atoms with Gasteiger partial charge in [-0.1, -0.05) is 31.2 Å². The molecule has 0 aliphatic carbocycles. The van der Waals surface area contributed by atoms with Crippen LogP contribution >= 0.6 is 0 Å². The lowest BCUT2D eigenvalue weighted by Gasteiger charge is -2.17. The van der Waals surface area contributed by atoms with E-state index in [0.29, 0.717) is 0 Å². The Morgan fingerprint density at radius 1 is 1.05 bits per heavy atom. The first-order valence-electron chi connectivity index (χ1n) is 6.83. The molecular weight excluding hydrogens is 246 g/mol. The smallest absolute Gasteiger partial charge is 0.0753 e. The van der Waals surface area contributed by atoms with Crippen molar-refractivity contribution >= 4 is 10.9 Å². The molecule has 2 N–H and O–H groups in total. The van der Waals surface area contributed by atoms with Crippen LogP contribution in [0.2, 0.25) is 0 Å². The maximum Gasteiger partial charge on any atom is 0.0753 e. The third kappa shape index (κ3) is 2.17. The van der Waals surface area contributed by atoms with Gasteiger partial charge in [-0.05, 0) is 35.2 Å². The van der Waals surface area contributed by atoms with Gasteiger partial charge >= 0.3 is 0 Å². The molecule has 0 aliphatic heterocycles. The molecule has 3 aromatic rings. The Labute approximate surface area is 118 Å². The topological polar surface area (TPSA) is 51.8 Å². The highest BCUT2D eigenvalue weighted by Gasteiger charge is 2.15. The molecule has 0 radical (unpaired) electrons. The average Bonchev–Trinajstić information content (AvgIpc) is 2.53. The first-order chi connectivity index (χ1) is 9.81. The SMILES string of the molecule is CCc1cnccc1C(N)c1cccc2cccnc12. The zero-order valence-corrected chi connectivity index (χ0v) is 11.5. The summed E-state index contributed by atoms with van der Waals surface area (Å²) < 4.78 is 0. The summed E-state index contributed by atoms with van der Waals surface area (Å²) in [6, 6.07) is 12.0. The van der Waals surface area contributed by atoms with Crippen LogP contribution in [0.1, 0.15) is 29.7 Å². The van der Waals surface area contributed by atoms with Crippen LogP contribution in [0.3, 0.4) is 0 Å². The third-order valence-corrected chi connectivity index (χ3v) is 3.66. The molecule has 2 heterocycles. The summed E-state index contributed by atoms with van der Waals surface area (Å²) in [5.74, 6) is 0. The fourth-order valence-corrected chi connectivity index (χ4v) is 2.58. The number of hydrogen-bond acceptors (Lipinski definition) is 3. The minimum Gasteiger partial charge on any atom is -0.320 e. The van der Waals surface area contributed by atoms with Crippen molar-refractivity contribution in [3.8, 4) is 0 Å². The summed E-state index contributed by atoms with van der Waals surface area (Å²) >= 11 is 0. The van der Waals surface area contributed by atoms with Gasteiger partial charge in [0.2, 0.25) is 0 Å². The van der Waals surface area contributed by atoms with Gasteiger partial charge in [-0.25, -0.2) is 0 Å². The molecule has 0 bridgehead atoms. The number of nitrogens with zero attached hydrogens (tertiary/aromatic N) is 2. The first-order valence-corrected chi connectivity index (χ1v) is 6.83. The highest BCUT2D eigenvalue weighted by molar-refractivity contribution is 5.82. The van der Waals surface area contributed by atoms with Crippen molar-refractivity contribution in [2.45, 2.75) is 19.4 Å². The van der Waals surface area contributed by atoms with Crippen molar-refractivity contribution in [1.82, 2.24) is 9.97 Å². The number of pyridine rings is 2. The van der Waals surface area contributed by atoms with Gasteiger partial charge in [0.05, 0.1) is 11.6 Å². The van der Waals surface area contributed by atoms with E-state index in [1.54, 1.807) is 6.20 Å². The first kappa shape index (κ1) is 12.8. The Morgan fingerprint density at radius 3 is 2.75 bits per heavy atom. The van der Waals surface area contributed by atoms with Gasteiger partial charge < -0.3 is 5.73 Å². The van der Waals surface area contributed by atoms with E-state index in [1.807, 2.05) is 30.6 Å². The van der Waals surface area contributed by atoms with Crippen molar-refractivity contribution in [1.29, 1.82) is 0 Å². The average molecular weight is 263 g/mol. The van der Waals surface area contributed by atoms with Gasteiger partial charge in [-0.15, -0.1) is 0 Å². The van der Waals surface area contributed by atoms with E-state index in [2.05, 4.69) is 35.1 Å². The highest BCUT2D eigenvalue weighted by Crippen LogP contribution is 2.27. The lowest BCUT2D eigenvalue weighted by atomic mass is 9.94. The summed E-state index contributed by atoms with van der Waals surface area (Å²) in [4.78, 5) is 8.67. The van der Waals surface area contributed by atoms with Crippen molar-refractivity contribution in [2.24, 2.45) is 5.73 Å². The standard InChI is InChI=1S/C17H17N3/c1-2-12-11-19-10-8-14(12)16(18)15-7-3-5-13-6-4-9-20-17(13)15/h3-11,16H,2,18H2,1H3. The lowest BCUT2D eigenvalue weighted by Crippen LogP contribution is -2.15. The highest BCUT2D eigenvalue weighted by atomic mass is 14.7.